The van der Waals surface area contributed by atoms with Gasteiger partial charge in [0.1, 0.15) is 0 Å². The molecular formula is C14H27N3O3S. The maximum atomic E-state index is 12.3. The molecular weight excluding hydrogens is 290 g/mol. The fourth-order valence-electron chi connectivity index (χ4n) is 3.22. The van der Waals surface area contributed by atoms with Crippen LogP contribution in [-0.4, -0.2) is 62.4 Å². The van der Waals surface area contributed by atoms with Gasteiger partial charge >= 0.3 is 0 Å². The first-order valence-electron chi connectivity index (χ1n) is 7.79. The highest BCUT2D eigenvalue weighted by Crippen LogP contribution is 2.31. The van der Waals surface area contributed by atoms with Crippen LogP contribution >= 0.6 is 0 Å². The van der Waals surface area contributed by atoms with Crippen LogP contribution in [0.15, 0.2) is 0 Å². The van der Waals surface area contributed by atoms with Crippen LogP contribution in [0.3, 0.4) is 0 Å². The van der Waals surface area contributed by atoms with Gasteiger partial charge in [0, 0.05) is 31.7 Å². The minimum atomic E-state index is -2.84. The molecule has 7 heteroatoms. The number of rotatable bonds is 4. The van der Waals surface area contributed by atoms with Crippen LogP contribution < -0.4 is 11.1 Å². The third-order valence-corrected chi connectivity index (χ3v) is 6.34. The smallest absolute Gasteiger partial charge is 0.225 e. The zero-order valence-corrected chi connectivity index (χ0v) is 13.6. The molecule has 2 atom stereocenters. The largest absolute Gasteiger partial charge is 0.355 e. The van der Waals surface area contributed by atoms with E-state index in [2.05, 4.69) is 10.2 Å². The second-order valence-electron chi connectivity index (χ2n) is 6.59. The molecule has 1 amide bonds. The van der Waals surface area contributed by atoms with E-state index in [0.717, 1.165) is 25.7 Å². The van der Waals surface area contributed by atoms with Crippen LogP contribution in [0, 0.1) is 5.92 Å². The first-order chi connectivity index (χ1) is 9.80. The Balaban J connectivity index is 1.72. The topological polar surface area (TPSA) is 92.5 Å². The Morgan fingerprint density at radius 2 is 2.00 bits per heavy atom. The molecule has 6 nitrogen and oxygen atoms in total. The number of nitrogens with two attached hydrogens (primary N) is 1. The molecule has 122 valence electrons. The molecule has 0 aromatic rings. The monoisotopic (exact) mass is 317 g/mol. The van der Waals surface area contributed by atoms with Crippen molar-refractivity contribution < 1.29 is 13.2 Å². The Morgan fingerprint density at radius 1 is 1.33 bits per heavy atom. The Hall–Kier alpha value is -0.660. The van der Waals surface area contributed by atoms with E-state index >= 15 is 0 Å². The molecule has 2 unspecified atom stereocenters. The number of carbonyl (C=O) groups is 1. The standard InChI is InChI=1S/C14H27N3O3S/c1-14(15)5-3-2-4-12(14)13(18)16-6-7-17-8-10-21(19,20)11-9-17/h12H,2-11,15H2,1H3,(H,16,18). The molecule has 2 fully saturated rings. The molecule has 0 aromatic heterocycles. The molecule has 3 N–H and O–H groups in total. The lowest BCUT2D eigenvalue weighted by molar-refractivity contribution is -0.128. The highest BCUT2D eigenvalue weighted by atomic mass is 32.2. The van der Waals surface area contributed by atoms with Crippen molar-refractivity contribution in [2.45, 2.75) is 38.1 Å². The number of sulfone groups is 1. The lowest BCUT2D eigenvalue weighted by atomic mass is 9.74. The van der Waals surface area contributed by atoms with E-state index in [9.17, 15) is 13.2 Å². The van der Waals surface area contributed by atoms with Gasteiger partial charge in [-0.3, -0.25) is 9.69 Å². The second kappa shape index (κ2) is 6.62. The maximum Gasteiger partial charge on any atom is 0.225 e. The van der Waals surface area contributed by atoms with E-state index in [0.29, 0.717) is 26.2 Å². The van der Waals surface area contributed by atoms with Crippen molar-refractivity contribution in [3.8, 4) is 0 Å². The van der Waals surface area contributed by atoms with Gasteiger partial charge in [-0.1, -0.05) is 12.8 Å². The van der Waals surface area contributed by atoms with Crippen molar-refractivity contribution in [2.75, 3.05) is 37.7 Å². The number of amides is 1. The molecule has 1 aliphatic carbocycles. The number of hydrogen-bond acceptors (Lipinski definition) is 5. The van der Waals surface area contributed by atoms with E-state index < -0.39 is 15.4 Å². The van der Waals surface area contributed by atoms with Gasteiger partial charge in [0.15, 0.2) is 9.84 Å². The Labute approximate surface area is 127 Å². The average Bonchev–Trinajstić information content (AvgIpc) is 2.40. The van der Waals surface area contributed by atoms with E-state index in [1.165, 1.54) is 0 Å². The Bertz CT molecular complexity index is 462. The zero-order valence-electron chi connectivity index (χ0n) is 12.8. The molecule has 1 saturated carbocycles. The molecule has 0 radical (unpaired) electrons. The molecule has 0 bridgehead atoms. The molecule has 0 aromatic carbocycles. The van der Waals surface area contributed by atoms with Crippen LogP contribution in [0.5, 0.6) is 0 Å². The van der Waals surface area contributed by atoms with Gasteiger partial charge in [0.05, 0.1) is 17.4 Å². The van der Waals surface area contributed by atoms with Gasteiger partial charge in [-0.05, 0) is 19.8 Å². The van der Waals surface area contributed by atoms with Gasteiger partial charge in [0.2, 0.25) is 5.91 Å². The summed E-state index contributed by atoms with van der Waals surface area (Å²) in [5.74, 6) is 0.395. The van der Waals surface area contributed by atoms with E-state index in [1.54, 1.807) is 0 Å². The summed E-state index contributed by atoms with van der Waals surface area (Å²) in [6.07, 6.45) is 3.92. The molecule has 1 heterocycles. The predicted octanol–water partition coefficient (Wildman–Crippen LogP) is -0.259. The summed E-state index contributed by atoms with van der Waals surface area (Å²) in [5.41, 5.74) is 5.83. The summed E-state index contributed by atoms with van der Waals surface area (Å²) in [5, 5.41) is 2.97. The van der Waals surface area contributed by atoms with Crippen LogP contribution in [0.1, 0.15) is 32.6 Å². The Kier molecular flexibility index (Phi) is 5.27. The van der Waals surface area contributed by atoms with Gasteiger partial charge < -0.3 is 11.1 Å². The van der Waals surface area contributed by atoms with Crippen molar-refractivity contribution in [1.82, 2.24) is 10.2 Å². The van der Waals surface area contributed by atoms with Crippen molar-refractivity contribution in [1.29, 1.82) is 0 Å². The third-order valence-electron chi connectivity index (χ3n) is 4.74. The maximum absolute atomic E-state index is 12.3. The third kappa shape index (κ3) is 4.66. The number of carbonyl (C=O) groups excluding carboxylic acids is 1. The summed E-state index contributed by atoms with van der Waals surface area (Å²) in [4.78, 5) is 14.3. The fraction of sp³-hybridized carbons (Fsp3) is 0.929. The number of hydrogen-bond donors (Lipinski definition) is 2. The molecule has 1 aliphatic heterocycles. The van der Waals surface area contributed by atoms with Crippen LogP contribution in [0.25, 0.3) is 0 Å². The van der Waals surface area contributed by atoms with E-state index in [-0.39, 0.29) is 23.3 Å². The van der Waals surface area contributed by atoms with Crippen molar-refractivity contribution in [3.63, 3.8) is 0 Å². The van der Waals surface area contributed by atoms with Crippen LogP contribution in [0.4, 0.5) is 0 Å². The van der Waals surface area contributed by atoms with E-state index in [1.807, 2.05) is 6.92 Å². The highest BCUT2D eigenvalue weighted by molar-refractivity contribution is 7.91. The van der Waals surface area contributed by atoms with Crippen molar-refractivity contribution in [2.24, 2.45) is 11.7 Å². The second-order valence-corrected chi connectivity index (χ2v) is 8.89. The number of nitrogens with one attached hydrogen (secondary N) is 1. The lowest BCUT2D eigenvalue weighted by Crippen LogP contribution is -2.53. The van der Waals surface area contributed by atoms with E-state index in [4.69, 9.17) is 5.73 Å². The van der Waals surface area contributed by atoms with Gasteiger partial charge in [0.25, 0.3) is 0 Å². The molecule has 2 rings (SSSR count). The SMILES string of the molecule is CC1(N)CCCCC1C(=O)NCCN1CCS(=O)(=O)CC1. The van der Waals surface area contributed by atoms with Crippen LogP contribution in [-0.2, 0) is 14.6 Å². The summed E-state index contributed by atoms with van der Waals surface area (Å²) in [7, 11) is -2.84. The quantitative estimate of drug-likeness (QED) is 0.745. The normalized spacial score (nSPS) is 33.5. The fourth-order valence-corrected chi connectivity index (χ4v) is 4.50. The molecule has 21 heavy (non-hydrogen) atoms. The first kappa shape index (κ1) is 16.7. The predicted molar refractivity (Wildman–Crippen MR) is 82.7 cm³/mol. The lowest BCUT2D eigenvalue weighted by Gasteiger charge is -2.37. The summed E-state index contributed by atoms with van der Waals surface area (Å²) in [6, 6.07) is 0. The molecule has 0 spiro atoms. The van der Waals surface area contributed by atoms with Crippen molar-refractivity contribution >= 4 is 15.7 Å². The summed E-state index contributed by atoms with van der Waals surface area (Å²) in [6.45, 7) is 4.36. The number of nitrogens with zero attached hydrogens (tertiary/aromatic N) is 1. The summed E-state index contributed by atoms with van der Waals surface area (Å²) < 4.78 is 22.7. The first-order valence-corrected chi connectivity index (χ1v) is 9.62. The summed E-state index contributed by atoms with van der Waals surface area (Å²) >= 11 is 0. The zero-order chi connectivity index (χ0) is 15.5. The van der Waals surface area contributed by atoms with Gasteiger partial charge in [-0.15, -0.1) is 0 Å². The van der Waals surface area contributed by atoms with Gasteiger partial charge in [-0.2, -0.15) is 0 Å². The van der Waals surface area contributed by atoms with Crippen LogP contribution in [0.2, 0.25) is 0 Å². The van der Waals surface area contributed by atoms with Crippen molar-refractivity contribution in [3.05, 3.63) is 0 Å². The average molecular weight is 317 g/mol. The highest BCUT2D eigenvalue weighted by Gasteiger charge is 2.37. The Morgan fingerprint density at radius 3 is 2.62 bits per heavy atom. The van der Waals surface area contributed by atoms with Gasteiger partial charge in [-0.25, -0.2) is 8.42 Å². The minimum Gasteiger partial charge on any atom is -0.355 e. The molecule has 1 saturated heterocycles. The molecule has 2 aliphatic rings. The minimum absolute atomic E-state index is 0.0457.